The van der Waals surface area contributed by atoms with Crippen molar-refractivity contribution in [3.63, 3.8) is 0 Å². The van der Waals surface area contributed by atoms with Gasteiger partial charge in [-0.05, 0) is 42.0 Å². The van der Waals surface area contributed by atoms with Crippen LogP contribution in [0.15, 0.2) is 83.5 Å². The molecule has 0 saturated carbocycles. The fourth-order valence-corrected chi connectivity index (χ4v) is 4.68. The molecule has 3 amide bonds. The highest BCUT2D eigenvalue weighted by molar-refractivity contribution is 7.99. The molecular formula is C29H35N3O4S. The topological polar surface area (TPSA) is 100 Å². The first-order valence-electron chi connectivity index (χ1n) is 12.5. The predicted octanol–water partition coefficient (Wildman–Crippen LogP) is 4.72. The van der Waals surface area contributed by atoms with E-state index in [2.05, 4.69) is 16.0 Å². The van der Waals surface area contributed by atoms with Crippen LogP contribution in [0.5, 0.6) is 0 Å². The number of urea groups is 1. The van der Waals surface area contributed by atoms with Gasteiger partial charge in [0.05, 0.1) is 23.8 Å². The van der Waals surface area contributed by atoms with Crippen molar-refractivity contribution >= 4 is 29.5 Å². The summed E-state index contributed by atoms with van der Waals surface area (Å²) in [7, 11) is 0. The van der Waals surface area contributed by atoms with Gasteiger partial charge in [0.1, 0.15) is 11.8 Å². The van der Waals surface area contributed by atoms with Crippen molar-refractivity contribution in [1.82, 2.24) is 16.0 Å². The van der Waals surface area contributed by atoms with Crippen molar-refractivity contribution in [1.29, 1.82) is 0 Å². The zero-order chi connectivity index (χ0) is 26.5. The van der Waals surface area contributed by atoms with E-state index in [0.717, 1.165) is 16.9 Å². The number of ketones is 1. The first-order chi connectivity index (χ1) is 17.9. The largest absolute Gasteiger partial charge is 0.468 e. The molecule has 0 saturated heterocycles. The Labute approximate surface area is 222 Å². The highest BCUT2D eigenvalue weighted by Crippen LogP contribution is 2.15. The second-order valence-corrected chi connectivity index (χ2v) is 10.3. The molecule has 2 aromatic carbocycles. The lowest BCUT2D eigenvalue weighted by Gasteiger charge is -2.24. The van der Waals surface area contributed by atoms with Crippen LogP contribution in [0, 0.1) is 5.92 Å². The smallest absolute Gasteiger partial charge is 0.315 e. The molecule has 1 heterocycles. The minimum absolute atomic E-state index is 0.0782. The van der Waals surface area contributed by atoms with Crippen molar-refractivity contribution in [3.05, 3.63) is 95.9 Å². The van der Waals surface area contributed by atoms with Gasteiger partial charge in [-0.15, -0.1) is 11.8 Å². The van der Waals surface area contributed by atoms with Gasteiger partial charge in [0.2, 0.25) is 5.91 Å². The van der Waals surface area contributed by atoms with Gasteiger partial charge in [-0.3, -0.25) is 9.59 Å². The molecule has 3 rings (SSSR count). The summed E-state index contributed by atoms with van der Waals surface area (Å²) in [4.78, 5) is 39.1. The first kappa shape index (κ1) is 28.1. The van der Waals surface area contributed by atoms with Crippen molar-refractivity contribution in [3.8, 4) is 0 Å². The third-order valence-corrected chi connectivity index (χ3v) is 6.66. The fraction of sp³-hybridized carbons (Fsp3) is 0.345. The third-order valence-electron chi connectivity index (χ3n) is 5.68. The number of Topliss-reactive ketones (excluding diaryl/α,β-unsaturated/α-hetero) is 1. The molecule has 0 radical (unpaired) electrons. The van der Waals surface area contributed by atoms with E-state index in [1.807, 2.05) is 86.6 Å². The fourth-order valence-electron chi connectivity index (χ4n) is 3.81. The van der Waals surface area contributed by atoms with Gasteiger partial charge in [0, 0.05) is 6.54 Å². The summed E-state index contributed by atoms with van der Waals surface area (Å²) < 4.78 is 5.34. The molecule has 0 aliphatic carbocycles. The Morgan fingerprint density at radius 1 is 0.838 bits per heavy atom. The number of furan rings is 1. The van der Waals surface area contributed by atoms with Crippen LogP contribution in [-0.2, 0) is 28.3 Å². The van der Waals surface area contributed by atoms with Crippen LogP contribution >= 0.6 is 11.8 Å². The molecule has 0 spiro atoms. The average Bonchev–Trinajstić information content (AvgIpc) is 3.41. The maximum Gasteiger partial charge on any atom is 0.315 e. The Morgan fingerprint density at radius 3 is 2.14 bits per heavy atom. The minimum atomic E-state index is -0.766. The molecule has 8 heteroatoms. The molecule has 0 aliphatic heterocycles. The molecule has 2 atom stereocenters. The number of nitrogens with one attached hydrogen (secondary N) is 3. The van der Waals surface area contributed by atoms with Crippen LogP contribution in [0.25, 0.3) is 0 Å². The van der Waals surface area contributed by atoms with Gasteiger partial charge in [0.15, 0.2) is 5.78 Å². The SMILES string of the molecule is CC(C)C[C@H](NC(=O)NCc1ccccc1)C(=O)N[C@@H](Cc1ccccc1)C(=O)CSCc1ccco1. The summed E-state index contributed by atoms with van der Waals surface area (Å²) in [5.41, 5.74) is 1.91. The number of hydrogen-bond donors (Lipinski definition) is 3. The van der Waals surface area contributed by atoms with E-state index in [1.165, 1.54) is 11.8 Å². The van der Waals surface area contributed by atoms with Gasteiger partial charge in [-0.2, -0.15) is 0 Å². The number of carbonyl (C=O) groups is 3. The summed E-state index contributed by atoms with van der Waals surface area (Å²) in [5.74, 6) is 1.32. The maximum absolute atomic E-state index is 13.3. The molecule has 37 heavy (non-hydrogen) atoms. The van der Waals surface area contributed by atoms with E-state index < -0.39 is 18.1 Å². The lowest BCUT2D eigenvalue weighted by Crippen LogP contribution is -2.54. The van der Waals surface area contributed by atoms with E-state index >= 15 is 0 Å². The molecule has 3 N–H and O–H groups in total. The van der Waals surface area contributed by atoms with Gasteiger partial charge < -0.3 is 20.4 Å². The molecule has 1 aromatic heterocycles. The van der Waals surface area contributed by atoms with Gasteiger partial charge in [0.25, 0.3) is 0 Å². The second kappa shape index (κ2) is 14.9. The van der Waals surface area contributed by atoms with Crippen molar-refractivity contribution < 1.29 is 18.8 Å². The van der Waals surface area contributed by atoms with Crippen LogP contribution in [0.4, 0.5) is 4.79 Å². The molecule has 0 bridgehead atoms. The summed E-state index contributed by atoms with van der Waals surface area (Å²) in [6.45, 7) is 4.33. The Bertz CT molecular complexity index is 1100. The van der Waals surface area contributed by atoms with Gasteiger partial charge in [-0.1, -0.05) is 74.5 Å². The molecule has 0 aliphatic rings. The normalized spacial score (nSPS) is 12.5. The number of benzene rings is 2. The number of amides is 3. The van der Waals surface area contributed by atoms with Gasteiger partial charge in [-0.25, -0.2) is 4.79 Å². The summed E-state index contributed by atoms with van der Waals surface area (Å²) >= 11 is 1.44. The van der Waals surface area contributed by atoms with Crippen molar-refractivity contribution in [2.45, 2.75) is 51.1 Å². The molecule has 0 unspecified atom stereocenters. The van der Waals surface area contributed by atoms with Crippen LogP contribution in [0.3, 0.4) is 0 Å². The number of thioether (sulfide) groups is 1. The molecule has 7 nitrogen and oxygen atoms in total. The maximum atomic E-state index is 13.3. The van der Waals surface area contributed by atoms with Crippen LogP contribution in [0.1, 0.15) is 37.2 Å². The van der Waals surface area contributed by atoms with Crippen LogP contribution in [-0.4, -0.2) is 35.6 Å². The molecular weight excluding hydrogens is 486 g/mol. The molecule has 0 fully saturated rings. The predicted molar refractivity (Wildman–Crippen MR) is 147 cm³/mol. The first-order valence-corrected chi connectivity index (χ1v) is 13.6. The lowest BCUT2D eigenvalue weighted by molar-refractivity contribution is -0.128. The van der Waals surface area contributed by atoms with E-state index in [4.69, 9.17) is 4.42 Å². The average molecular weight is 522 g/mol. The Kier molecular flexibility index (Phi) is 11.3. The van der Waals surface area contributed by atoms with Crippen molar-refractivity contribution in [2.24, 2.45) is 5.92 Å². The molecule has 196 valence electrons. The summed E-state index contributed by atoms with van der Waals surface area (Å²) in [6.07, 6.45) is 2.43. The third kappa shape index (κ3) is 10.2. The van der Waals surface area contributed by atoms with Gasteiger partial charge >= 0.3 is 6.03 Å². The van der Waals surface area contributed by atoms with Crippen molar-refractivity contribution in [2.75, 3.05) is 5.75 Å². The van der Waals surface area contributed by atoms with E-state index in [0.29, 0.717) is 25.1 Å². The van der Waals surface area contributed by atoms with E-state index in [-0.39, 0.29) is 23.4 Å². The molecule has 3 aromatic rings. The number of hydrogen-bond acceptors (Lipinski definition) is 5. The Balaban J connectivity index is 1.63. The van der Waals surface area contributed by atoms with E-state index in [1.54, 1.807) is 6.26 Å². The monoisotopic (exact) mass is 521 g/mol. The summed E-state index contributed by atoms with van der Waals surface area (Å²) in [5, 5.41) is 8.53. The van der Waals surface area contributed by atoms with Crippen LogP contribution < -0.4 is 16.0 Å². The summed E-state index contributed by atoms with van der Waals surface area (Å²) in [6, 6.07) is 20.9. The lowest BCUT2D eigenvalue weighted by atomic mass is 10.00. The Hall–Kier alpha value is -3.52. The quantitative estimate of drug-likeness (QED) is 0.285. The zero-order valence-electron chi connectivity index (χ0n) is 21.3. The highest BCUT2D eigenvalue weighted by Gasteiger charge is 2.27. The van der Waals surface area contributed by atoms with Crippen LogP contribution in [0.2, 0.25) is 0 Å². The Morgan fingerprint density at radius 2 is 1.51 bits per heavy atom. The number of rotatable bonds is 14. The zero-order valence-corrected chi connectivity index (χ0v) is 22.1. The standard InChI is InChI=1S/C29H35N3O4S/c1-21(2)16-26(32-29(35)30-18-23-12-7-4-8-13-23)28(34)31-25(17-22-10-5-3-6-11-22)27(33)20-37-19-24-14-9-15-36-24/h3-15,21,25-26H,16-20H2,1-2H3,(H,31,34)(H2,30,32,35)/t25-,26-/m0/s1. The highest BCUT2D eigenvalue weighted by atomic mass is 32.2. The minimum Gasteiger partial charge on any atom is -0.468 e. The number of carbonyl (C=O) groups excluding carboxylic acids is 3. The second-order valence-electron chi connectivity index (χ2n) is 9.28. The van der Waals surface area contributed by atoms with E-state index in [9.17, 15) is 14.4 Å².